The minimum Gasteiger partial charge on any atom is -0.480 e. The SMILES string of the molecule is COc1ncc(C)cc1NC(=O)CC1CCCO1. The maximum absolute atomic E-state index is 11.9. The summed E-state index contributed by atoms with van der Waals surface area (Å²) >= 11 is 0. The molecule has 98 valence electrons. The zero-order valence-corrected chi connectivity index (χ0v) is 10.7. The standard InChI is InChI=1S/C13H18N2O3/c1-9-6-11(13(17-2)14-8-9)15-12(16)7-10-4-3-5-18-10/h6,8,10H,3-5,7H2,1-2H3,(H,15,16). The Bertz CT molecular complexity index is 428. The number of aryl methyl sites for hydroxylation is 1. The van der Waals surface area contributed by atoms with Gasteiger partial charge in [0.1, 0.15) is 5.69 Å². The first kappa shape index (κ1) is 12.8. The molecule has 1 aromatic rings. The van der Waals surface area contributed by atoms with Gasteiger partial charge in [-0.1, -0.05) is 0 Å². The number of carbonyl (C=O) groups excluding carboxylic acids is 1. The van der Waals surface area contributed by atoms with Crippen LogP contribution in [-0.4, -0.2) is 30.7 Å². The third-order valence-electron chi connectivity index (χ3n) is 2.89. The predicted molar refractivity (Wildman–Crippen MR) is 67.7 cm³/mol. The summed E-state index contributed by atoms with van der Waals surface area (Å²) in [5, 5.41) is 2.82. The van der Waals surface area contributed by atoms with E-state index < -0.39 is 0 Å². The van der Waals surface area contributed by atoms with E-state index >= 15 is 0 Å². The number of methoxy groups -OCH3 is 1. The van der Waals surface area contributed by atoms with Gasteiger partial charge in [-0.3, -0.25) is 4.79 Å². The van der Waals surface area contributed by atoms with Crippen molar-refractivity contribution in [2.24, 2.45) is 0 Å². The molecule has 0 saturated carbocycles. The van der Waals surface area contributed by atoms with Gasteiger partial charge in [0, 0.05) is 12.8 Å². The first-order chi connectivity index (χ1) is 8.69. The molecule has 1 atom stereocenters. The highest BCUT2D eigenvalue weighted by molar-refractivity contribution is 5.92. The second kappa shape index (κ2) is 5.82. The molecule has 0 aromatic carbocycles. The number of nitrogens with zero attached hydrogens (tertiary/aromatic N) is 1. The molecule has 5 heteroatoms. The van der Waals surface area contributed by atoms with Gasteiger partial charge < -0.3 is 14.8 Å². The predicted octanol–water partition coefficient (Wildman–Crippen LogP) is 1.91. The lowest BCUT2D eigenvalue weighted by molar-refractivity contribution is -0.118. The van der Waals surface area contributed by atoms with E-state index in [1.54, 1.807) is 6.20 Å². The molecule has 1 fully saturated rings. The zero-order chi connectivity index (χ0) is 13.0. The lowest BCUT2D eigenvalue weighted by Crippen LogP contribution is -2.19. The molecular weight excluding hydrogens is 232 g/mol. The van der Waals surface area contributed by atoms with Crippen molar-refractivity contribution in [3.05, 3.63) is 17.8 Å². The molecule has 1 amide bonds. The molecule has 1 unspecified atom stereocenters. The van der Waals surface area contributed by atoms with Crippen LogP contribution in [0.15, 0.2) is 12.3 Å². The Morgan fingerprint density at radius 1 is 1.67 bits per heavy atom. The molecule has 18 heavy (non-hydrogen) atoms. The summed E-state index contributed by atoms with van der Waals surface area (Å²) in [6.45, 7) is 2.68. The van der Waals surface area contributed by atoms with E-state index in [1.165, 1.54) is 7.11 Å². The maximum atomic E-state index is 11.9. The number of amides is 1. The number of hydrogen-bond donors (Lipinski definition) is 1. The highest BCUT2D eigenvalue weighted by Crippen LogP contribution is 2.23. The Morgan fingerprint density at radius 2 is 2.50 bits per heavy atom. The monoisotopic (exact) mass is 250 g/mol. The Hall–Kier alpha value is -1.62. The van der Waals surface area contributed by atoms with Gasteiger partial charge in [0.05, 0.1) is 19.6 Å². The fraction of sp³-hybridized carbons (Fsp3) is 0.538. The highest BCUT2D eigenvalue weighted by atomic mass is 16.5. The molecule has 1 aliphatic rings. The fourth-order valence-corrected chi connectivity index (χ4v) is 2.02. The highest BCUT2D eigenvalue weighted by Gasteiger charge is 2.19. The quantitative estimate of drug-likeness (QED) is 0.886. The van der Waals surface area contributed by atoms with E-state index in [1.807, 2.05) is 13.0 Å². The number of pyridine rings is 1. The number of nitrogens with one attached hydrogen (secondary N) is 1. The van der Waals surface area contributed by atoms with E-state index in [0.717, 1.165) is 25.0 Å². The largest absolute Gasteiger partial charge is 0.480 e. The van der Waals surface area contributed by atoms with E-state index in [9.17, 15) is 4.79 Å². The molecule has 2 heterocycles. The Morgan fingerprint density at radius 3 is 3.17 bits per heavy atom. The van der Waals surface area contributed by atoms with Crippen LogP contribution in [0.3, 0.4) is 0 Å². The van der Waals surface area contributed by atoms with Gasteiger partial charge in [-0.25, -0.2) is 4.98 Å². The Kier molecular flexibility index (Phi) is 4.15. The van der Waals surface area contributed by atoms with Crippen molar-refractivity contribution in [2.75, 3.05) is 19.0 Å². The summed E-state index contributed by atoms with van der Waals surface area (Å²) in [5.74, 6) is 0.369. The molecule has 0 bridgehead atoms. The molecule has 0 spiro atoms. The van der Waals surface area contributed by atoms with E-state index in [-0.39, 0.29) is 12.0 Å². The number of carbonyl (C=O) groups is 1. The van der Waals surface area contributed by atoms with Gasteiger partial charge in [0.25, 0.3) is 0 Å². The first-order valence-corrected chi connectivity index (χ1v) is 6.11. The zero-order valence-electron chi connectivity index (χ0n) is 10.7. The molecular formula is C13H18N2O3. The smallest absolute Gasteiger partial charge is 0.237 e. The molecule has 5 nitrogen and oxygen atoms in total. The summed E-state index contributed by atoms with van der Waals surface area (Å²) < 4.78 is 10.5. The number of hydrogen-bond acceptors (Lipinski definition) is 4. The van der Waals surface area contributed by atoms with Crippen LogP contribution in [0.25, 0.3) is 0 Å². The topological polar surface area (TPSA) is 60.5 Å². The molecule has 0 aliphatic carbocycles. The summed E-state index contributed by atoms with van der Waals surface area (Å²) in [4.78, 5) is 16.0. The van der Waals surface area contributed by atoms with Gasteiger partial charge in [0.15, 0.2) is 0 Å². The van der Waals surface area contributed by atoms with Gasteiger partial charge in [-0.2, -0.15) is 0 Å². The second-order valence-electron chi connectivity index (χ2n) is 4.46. The molecule has 1 aliphatic heterocycles. The van der Waals surface area contributed by atoms with Crippen LogP contribution < -0.4 is 10.1 Å². The Labute approximate surface area is 107 Å². The summed E-state index contributed by atoms with van der Waals surface area (Å²) in [5.41, 5.74) is 1.59. The molecule has 1 aromatic heterocycles. The molecule has 1 N–H and O–H groups in total. The summed E-state index contributed by atoms with van der Waals surface area (Å²) in [7, 11) is 1.54. The first-order valence-electron chi connectivity index (χ1n) is 6.11. The lowest BCUT2D eigenvalue weighted by Gasteiger charge is -2.12. The van der Waals surface area contributed by atoms with E-state index in [2.05, 4.69) is 10.3 Å². The third-order valence-corrected chi connectivity index (χ3v) is 2.89. The van der Waals surface area contributed by atoms with Crippen LogP contribution in [0.1, 0.15) is 24.8 Å². The van der Waals surface area contributed by atoms with Crippen molar-refractivity contribution in [2.45, 2.75) is 32.3 Å². The molecule has 0 radical (unpaired) electrons. The van der Waals surface area contributed by atoms with Crippen molar-refractivity contribution in [3.8, 4) is 5.88 Å². The van der Waals surface area contributed by atoms with Crippen molar-refractivity contribution >= 4 is 11.6 Å². The van der Waals surface area contributed by atoms with Crippen molar-refractivity contribution in [1.82, 2.24) is 4.98 Å². The van der Waals surface area contributed by atoms with Crippen LogP contribution in [-0.2, 0) is 9.53 Å². The van der Waals surface area contributed by atoms with E-state index in [0.29, 0.717) is 18.0 Å². The minimum atomic E-state index is -0.0624. The number of rotatable bonds is 4. The van der Waals surface area contributed by atoms with Gasteiger partial charge in [-0.15, -0.1) is 0 Å². The Balaban J connectivity index is 1.99. The fourth-order valence-electron chi connectivity index (χ4n) is 2.02. The second-order valence-corrected chi connectivity index (χ2v) is 4.46. The summed E-state index contributed by atoms with van der Waals surface area (Å²) in [6.07, 6.45) is 4.13. The number of ether oxygens (including phenoxy) is 2. The lowest BCUT2D eigenvalue weighted by atomic mass is 10.2. The van der Waals surface area contributed by atoms with Crippen LogP contribution >= 0.6 is 0 Å². The van der Waals surface area contributed by atoms with Crippen LogP contribution in [0, 0.1) is 6.92 Å². The maximum Gasteiger partial charge on any atom is 0.237 e. The van der Waals surface area contributed by atoms with Gasteiger partial charge >= 0.3 is 0 Å². The van der Waals surface area contributed by atoms with Crippen LogP contribution in [0.4, 0.5) is 5.69 Å². The molecule has 2 rings (SSSR count). The normalized spacial score (nSPS) is 18.7. The van der Waals surface area contributed by atoms with Gasteiger partial charge in [-0.05, 0) is 31.4 Å². The van der Waals surface area contributed by atoms with E-state index in [4.69, 9.17) is 9.47 Å². The van der Waals surface area contributed by atoms with Gasteiger partial charge in [0.2, 0.25) is 11.8 Å². The number of aromatic nitrogens is 1. The van der Waals surface area contributed by atoms with Crippen molar-refractivity contribution in [3.63, 3.8) is 0 Å². The van der Waals surface area contributed by atoms with Crippen LogP contribution in [0.2, 0.25) is 0 Å². The average Bonchev–Trinajstić information content (AvgIpc) is 2.82. The number of anilines is 1. The average molecular weight is 250 g/mol. The van der Waals surface area contributed by atoms with Crippen molar-refractivity contribution in [1.29, 1.82) is 0 Å². The van der Waals surface area contributed by atoms with Crippen molar-refractivity contribution < 1.29 is 14.3 Å². The molecule has 1 saturated heterocycles. The minimum absolute atomic E-state index is 0.0498. The summed E-state index contributed by atoms with van der Waals surface area (Å²) in [6, 6.07) is 1.85. The van der Waals surface area contributed by atoms with Crippen LogP contribution in [0.5, 0.6) is 5.88 Å². The third kappa shape index (κ3) is 3.20.